The molecule has 1 amide bonds. The molecular weight excluding hydrogens is 597 g/mol. The largest absolute Gasteiger partial charge is 0.364 e. The second-order valence-electron chi connectivity index (χ2n) is 17.8. The van der Waals surface area contributed by atoms with Gasteiger partial charge in [0.05, 0.1) is 5.41 Å². The molecular formula is C42H68N2O2S. The fourth-order valence-corrected chi connectivity index (χ4v) is 12.6. The first-order valence-electron chi connectivity index (χ1n) is 19.7. The van der Waals surface area contributed by atoms with E-state index < -0.39 is 5.41 Å². The van der Waals surface area contributed by atoms with Crippen LogP contribution in [0.3, 0.4) is 0 Å². The van der Waals surface area contributed by atoms with Crippen molar-refractivity contribution in [2.45, 2.75) is 175 Å². The average Bonchev–Trinajstić information content (AvgIpc) is 3.23. The normalized spacial score (nSPS) is 36.5. The van der Waals surface area contributed by atoms with E-state index in [-0.39, 0.29) is 21.6 Å². The number of unbranched alkanes of at least 4 members (excludes halogenated alkanes) is 8. The lowest BCUT2D eigenvalue weighted by Gasteiger charge is -2.65. The molecule has 1 heterocycles. The zero-order valence-corrected chi connectivity index (χ0v) is 32.0. The molecule has 1 aliphatic heterocycles. The zero-order chi connectivity index (χ0) is 33.9. The van der Waals surface area contributed by atoms with E-state index in [2.05, 4.69) is 70.2 Å². The molecule has 0 radical (unpaired) electrons. The monoisotopic (exact) mass is 665 g/mol. The number of carbonyl (C=O) groups excluding carboxylic acids is 2. The predicted molar refractivity (Wildman–Crippen MR) is 200 cm³/mol. The number of carbonyl (C=O) groups is 2. The van der Waals surface area contributed by atoms with Crippen LogP contribution in [0.4, 0.5) is 0 Å². The Hall–Kier alpha value is -1.49. The minimum absolute atomic E-state index is 0.0248. The highest BCUT2D eigenvalue weighted by molar-refractivity contribution is 7.98. The van der Waals surface area contributed by atoms with Crippen LogP contribution in [-0.4, -0.2) is 26.8 Å². The van der Waals surface area contributed by atoms with Crippen molar-refractivity contribution >= 4 is 23.6 Å². The molecule has 0 aromatic carbocycles. The van der Waals surface area contributed by atoms with Gasteiger partial charge in [-0.25, -0.2) is 0 Å². The predicted octanol–water partition coefficient (Wildman–Crippen LogP) is 11.3. The Bertz CT molecular complexity index is 1200. The summed E-state index contributed by atoms with van der Waals surface area (Å²) in [5.74, 6) is 2.98. The molecule has 5 rings (SSSR count). The van der Waals surface area contributed by atoms with Gasteiger partial charge in [0.15, 0.2) is 0 Å². The number of nitrogens with one attached hydrogen (secondary N) is 1. The highest BCUT2D eigenvalue weighted by Crippen LogP contribution is 2.70. The molecule has 5 aliphatic rings. The van der Waals surface area contributed by atoms with E-state index in [0.29, 0.717) is 48.2 Å². The van der Waals surface area contributed by atoms with Crippen LogP contribution in [-0.2, 0) is 9.59 Å². The smallest absolute Gasteiger partial charge is 0.232 e. The van der Waals surface area contributed by atoms with Gasteiger partial charge in [-0.1, -0.05) is 90.7 Å². The van der Waals surface area contributed by atoms with Gasteiger partial charge in [0, 0.05) is 35.5 Å². The molecule has 1 N–H and O–H groups in total. The molecule has 0 aromatic heterocycles. The average molecular weight is 665 g/mol. The summed E-state index contributed by atoms with van der Waals surface area (Å²) in [5.41, 5.74) is 0.815. The fourth-order valence-electron chi connectivity index (χ4n) is 11.3. The maximum Gasteiger partial charge on any atom is 0.232 e. The van der Waals surface area contributed by atoms with Crippen LogP contribution in [0.25, 0.3) is 0 Å². The summed E-state index contributed by atoms with van der Waals surface area (Å²) < 4.78 is 2.33. The maximum absolute atomic E-state index is 14.4. The van der Waals surface area contributed by atoms with E-state index in [1.807, 2.05) is 30.3 Å². The van der Waals surface area contributed by atoms with Gasteiger partial charge in [-0.15, -0.1) is 0 Å². The Morgan fingerprint density at radius 3 is 2.30 bits per heavy atom. The van der Waals surface area contributed by atoms with Crippen LogP contribution in [0, 0.1) is 39.9 Å². The van der Waals surface area contributed by atoms with Crippen molar-refractivity contribution in [3.63, 3.8) is 0 Å². The Labute approximate surface area is 292 Å². The Kier molecular flexibility index (Phi) is 11.9. The molecule has 2 unspecified atom stereocenters. The third kappa shape index (κ3) is 7.51. The molecule has 0 bridgehead atoms. The fraction of sp³-hybridized carbons (Fsp3) is 0.810. The van der Waals surface area contributed by atoms with E-state index in [1.165, 1.54) is 77.0 Å². The van der Waals surface area contributed by atoms with Crippen LogP contribution in [0.15, 0.2) is 36.2 Å². The third-order valence-corrected chi connectivity index (χ3v) is 14.9. The van der Waals surface area contributed by atoms with E-state index in [4.69, 9.17) is 0 Å². The summed E-state index contributed by atoms with van der Waals surface area (Å²) in [4.78, 5) is 28.4. The minimum atomic E-state index is -0.505. The number of hydrogen-bond acceptors (Lipinski definition) is 4. The second kappa shape index (κ2) is 15.2. The van der Waals surface area contributed by atoms with Gasteiger partial charge >= 0.3 is 0 Å². The van der Waals surface area contributed by atoms with Crippen LogP contribution < -0.4 is 5.32 Å². The molecule has 0 saturated heterocycles. The van der Waals surface area contributed by atoms with Crippen molar-refractivity contribution < 1.29 is 9.59 Å². The van der Waals surface area contributed by atoms with Crippen molar-refractivity contribution in [3.05, 3.63) is 36.2 Å². The van der Waals surface area contributed by atoms with Crippen molar-refractivity contribution in [2.24, 2.45) is 39.9 Å². The van der Waals surface area contributed by atoms with Crippen LogP contribution >= 0.6 is 11.9 Å². The number of ketones is 1. The number of Topliss-reactive ketones (excluding diaryl/α,β-unsaturated/α-hetero) is 1. The van der Waals surface area contributed by atoms with Crippen molar-refractivity contribution in [1.29, 1.82) is 0 Å². The van der Waals surface area contributed by atoms with Crippen LogP contribution in [0.5, 0.6) is 0 Å². The van der Waals surface area contributed by atoms with Crippen LogP contribution in [0.1, 0.15) is 164 Å². The number of amides is 1. The lowest BCUT2D eigenvalue weighted by atomic mass is 9.40. The van der Waals surface area contributed by atoms with Gasteiger partial charge in [0.1, 0.15) is 5.78 Å². The Morgan fingerprint density at radius 1 is 0.894 bits per heavy atom. The highest BCUT2D eigenvalue weighted by atomic mass is 32.2. The summed E-state index contributed by atoms with van der Waals surface area (Å²) in [7, 11) is 0. The maximum atomic E-state index is 14.4. The summed E-state index contributed by atoms with van der Waals surface area (Å²) in [6, 6.07) is 0.257. The molecule has 8 atom stereocenters. The van der Waals surface area contributed by atoms with Crippen molar-refractivity contribution in [1.82, 2.24) is 9.62 Å². The minimum Gasteiger partial charge on any atom is -0.364 e. The molecule has 4 nitrogen and oxygen atoms in total. The van der Waals surface area contributed by atoms with Crippen molar-refractivity contribution in [2.75, 3.05) is 0 Å². The van der Waals surface area contributed by atoms with E-state index in [9.17, 15) is 9.59 Å². The highest BCUT2D eigenvalue weighted by Gasteiger charge is 2.66. The molecule has 264 valence electrons. The first kappa shape index (κ1) is 36.8. The SMILES string of the molecule is CCCCCCCCCCCC(=O)N(SC(C)(C)C)C1C[C@H]2[C@@H](CC[C@H]3C(C)(C4=CC=CC=CN4)C(=O)CC[C@]23C)[C@@H]2CCC[C@@]12C. The first-order valence-corrected chi connectivity index (χ1v) is 20.5. The van der Waals surface area contributed by atoms with Gasteiger partial charge in [0.2, 0.25) is 5.91 Å². The van der Waals surface area contributed by atoms with Gasteiger partial charge in [0.25, 0.3) is 0 Å². The number of rotatable bonds is 13. The standard InChI is InChI=1S/C42H68N2O2S/c1-8-9-10-11-12-13-14-15-18-23-38(46)44(47-39(2,3)4)36-30-33-31(32-21-20-27-41(32,36)6)24-25-34-40(33,5)28-26-37(45)42(34,7)35-22-17-16-19-29-43-35/h16-17,19,22,29,31-34,36,43H,8-15,18,20-21,23-28,30H2,1-7H3/t31-,32-,33-,34+,36?,40+,41+,42?/m0/s1. The Morgan fingerprint density at radius 2 is 1.60 bits per heavy atom. The third-order valence-electron chi connectivity index (χ3n) is 13.7. The number of nitrogens with zero attached hydrogens (tertiary/aromatic N) is 1. The van der Waals surface area contributed by atoms with Gasteiger partial charge in [-0.3, -0.25) is 13.9 Å². The van der Waals surface area contributed by atoms with Gasteiger partial charge < -0.3 is 5.32 Å². The summed E-state index contributed by atoms with van der Waals surface area (Å²) in [5, 5.41) is 3.54. The topological polar surface area (TPSA) is 49.4 Å². The number of fused-ring (bicyclic) bond motifs is 5. The lowest BCUT2D eigenvalue weighted by molar-refractivity contribution is -0.168. The van der Waals surface area contributed by atoms with Gasteiger partial charge in [-0.05, 0) is 131 Å². The Balaban J connectivity index is 1.38. The summed E-state index contributed by atoms with van der Waals surface area (Å²) in [6.07, 6.45) is 31.4. The summed E-state index contributed by atoms with van der Waals surface area (Å²) >= 11 is 1.83. The number of hydrogen-bond donors (Lipinski definition) is 1. The molecule has 4 fully saturated rings. The van der Waals surface area contributed by atoms with Gasteiger partial charge in [-0.2, -0.15) is 0 Å². The molecule has 5 heteroatoms. The molecule has 0 aromatic rings. The van der Waals surface area contributed by atoms with Crippen LogP contribution in [0.2, 0.25) is 0 Å². The quantitative estimate of drug-likeness (QED) is 0.157. The molecule has 47 heavy (non-hydrogen) atoms. The van der Waals surface area contributed by atoms with E-state index in [1.54, 1.807) is 0 Å². The van der Waals surface area contributed by atoms with E-state index in [0.717, 1.165) is 31.4 Å². The second-order valence-corrected chi connectivity index (χ2v) is 19.6. The first-order chi connectivity index (χ1) is 22.4. The molecule has 4 saturated carbocycles. The molecule has 0 spiro atoms. The molecule has 4 aliphatic carbocycles. The van der Waals surface area contributed by atoms with Crippen molar-refractivity contribution in [3.8, 4) is 0 Å². The van der Waals surface area contributed by atoms with E-state index >= 15 is 0 Å². The number of allylic oxidation sites excluding steroid dienone is 5. The zero-order valence-electron chi connectivity index (χ0n) is 31.2. The lowest BCUT2D eigenvalue weighted by Crippen LogP contribution is -2.64. The summed E-state index contributed by atoms with van der Waals surface area (Å²) in [6.45, 7) is 16.5.